The minimum atomic E-state index is -1.76. The predicted octanol–water partition coefficient (Wildman–Crippen LogP) is 4.95. The molecular formula is C48H42O14. The highest BCUT2D eigenvalue weighted by molar-refractivity contribution is 5.74. The Bertz CT molecular complexity index is 2730. The molecule has 4 aliphatic rings. The van der Waals surface area contributed by atoms with Crippen molar-refractivity contribution in [3.63, 3.8) is 0 Å². The quantitative estimate of drug-likeness (QED) is 0.106. The van der Waals surface area contributed by atoms with E-state index in [2.05, 4.69) is 0 Å². The summed E-state index contributed by atoms with van der Waals surface area (Å²) in [5.41, 5.74) is 5.19. The van der Waals surface area contributed by atoms with Crippen molar-refractivity contribution < 1.29 is 70.8 Å². The topological polar surface area (TPSA) is 261 Å². The number of ether oxygens (including phenoxy) is 2. The lowest BCUT2D eigenvalue weighted by Gasteiger charge is -2.39. The zero-order chi connectivity index (χ0) is 43.5. The fraction of sp³-hybridized carbons (Fsp3) is 0.250. The molecule has 1 aliphatic heterocycles. The lowest BCUT2D eigenvalue weighted by Crippen LogP contribution is -2.60. The number of hydrogen-bond donors (Lipinski definition) is 12. The monoisotopic (exact) mass is 842 g/mol. The Morgan fingerprint density at radius 1 is 0.419 bits per heavy atom. The number of aliphatic hydroxyl groups excluding tert-OH is 4. The maximum absolute atomic E-state index is 12.3. The Labute approximate surface area is 353 Å². The molecule has 0 saturated carbocycles. The van der Waals surface area contributed by atoms with Crippen LogP contribution in [0, 0.1) is 0 Å². The number of hydrogen-bond acceptors (Lipinski definition) is 14. The van der Waals surface area contributed by atoms with E-state index in [-0.39, 0.29) is 51.7 Å². The second-order valence-corrected chi connectivity index (χ2v) is 16.7. The molecule has 62 heavy (non-hydrogen) atoms. The molecule has 0 aromatic heterocycles. The third-order valence-corrected chi connectivity index (χ3v) is 13.3. The van der Waals surface area contributed by atoms with Gasteiger partial charge in [0.15, 0.2) is 0 Å². The van der Waals surface area contributed by atoms with Crippen molar-refractivity contribution in [2.24, 2.45) is 0 Å². The van der Waals surface area contributed by atoms with Gasteiger partial charge >= 0.3 is 0 Å². The van der Waals surface area contributed by atoms with Crippen LogP contribution in [0.1, 0.15) is 91.1 Å². The van der Waals surface area contributed by atoms with Gasteiger partial charge in [-0.1, -0.05) is 30.3 Å². The van der Waals surface area contributed by atoms with E-state index in [1.54, 1.807) is 54.6 Å². The van der Waals surface area contributed by atoms with Crippen molar-refractivity contribution in [3.05, 3.63) is 159 Å². The number of fused-ring (bicyclic) bond motifs is 4. The Kier molecular flexibility index (Phi) is 9.21. The van der Waals surface area contributed by atoms with E-state index in [1.165, 1.54) is 48.5 Å². The number of phenols is 8. The summed E-state index contributed by atoms with van der Waals surface area (Å²) in [6.07, 6.45) is -8.02. The van der Waals surface area contributed by atoms with E-state index < -0.39 is 72.8 Å². The molecule has 1 fully saturated rings. The molecule has 0 unspecified atom stereocenters. The third kappa shape index (κ3) is 5.97. The van der Waals surface area contributed by atoms with Crippen LogP contribution in [0.2, 0.25) is 0 Å². The fourth-order valence-corrected chi connectivity index (χ4v) is 10.9. The predicted molar refractivity (Wildman–Crippen MR) is 219 cm³/mol. The number of benzene rings is 6. The Hall–Kier alpha value is -6.68. The summed E-state index contributed by atoms with van der Waals surface area (Å²) in [7, 11) is 0. The average molecular weight is 843 g/mol. The summed E-state index contributed by atoms with van der Waals surface area (Å²) in [6, 6.07) is 26.3. The summed E-state index contributed by atoms with van der Waals surface area (Å²) in [5.74, 6) is -6.25. The minimum Gasteiger partial charge on any atom is -0.508 e. The lowest BCUT2D eigenvalue weighted by molar-refractivity contribution is -0.277. The number of rotatable bonds is 6. The first-order valence-electron chi connectivity index (χ1n) is 20.1. The van der Waals surface area contributed by atoms with Crippen molar-refractivity contribution in [1.29, 1.82) is 0 Å². The first-order valence-corrected chi connectivity index (χ1v) is 20.1. The third-order valence-electron chi connectivity index (χ3n) is 13.3. The van der Waals surface area contributed by atoms with Crippen molar-refractivity contribution in [1.82, 2.24) is 0 Å². The smallest absolute Gasteiger partial charge is 0.229 e. The first-order chi connectivity index (χ1) is 29.7. The summed E-state index contributed by atoms with van der Waals surface area (Å²) >= 11 is 0. The standard InChI is InChI=1S/C48H42O14/c49-18-34-45(58)46(59)47(60)48(62-34)61-27-12-21(11-25(53)13-27)37-36(20-3-7-23(51)8-4-20)43-39-28-10-9-24(52)14-29(28)35(19-1-5-22(50)6-2-19)40(30-15-26(54)16-31(55)38(30)39)42-33(57)17-32(56)41(37)44(42)43/h1-17,34-37,39-40,43,45-60H,18H2/t34-,35-,36+,37+,39-,40-,43-,45-,46+,47-,48-/m1/s1. The molecule has 12 N–H and O–H groups in total. The van der Waals surface area contributed by atoms with Gasteiger partial charge in [0.2, 0.25) is 6.29 Å². The van der Waals surface area contributed by atoms with Crippen LogP contribution in [0.15, 0.2) is 103 Å². The van der Waals surface area contributed by atoms with Crippen molar-refractivity contribution in [3.8, 4) is 51.7 Å². The van der Waals surface area contributed by atoms with Crippen LogP contribution in [0.25, 0.3) is 0 Å². The van der Waals surface area contributed by atoms with Crippen LogP contribution in [0.5, 0.6) is 51.7 Å². The van der Waals surface area contributed by atoms with E-state index in [4.69, 9.17) is 9.47 Å². The van der Waals surface area contributed by atoms with Gasteiger partial charge in [-0.2, -0.15) is 0 Å². The highest BCUT2D eigenvalue weighted by Crippen LogP contribution is 2.71. The number of phenolic OH excluding ortho intramolecular Hbond substituents is 8. The van der Waals surface area contributed by atoms with Gasteiger partial charge in [-0.3, -0.25) is 0 Å². The summed E-state index contributed by atoms with van der Waals surface area (Å²) < 4.78 is 11.6. The van der Waals surface area contributed by atoms with Gasteiger partial charge in [-0.25, -0.2) is 0 Å². The molecule has 14 nitrogen and oxygen atoms in total. The van der Waals surface area contributed by atoms with Crippen molar-refractivity contribution >= 4 is 0 Å². The van der Waals surface area contributed by atoms with Crippen LogP contribution in [0.4, 0.5) is 0 Å². The zero-order valence-corrected chi connectivity index (χ0v) is 32.6. The molecule has 6 aromatic carbocycles. The highest BCUT2D eigenvalue weighted by Gasteiger charge is 2.56. The van der Waals surface area contributed by atoms with E-state index in [9.17, 15) is 61.3 Å². The van der Waals surface area contributed by atoms with E-state index in [1.807, 2.05) is 0 Å². The second-order valence-electron chi connectivity index (χ2n) is 16.7. The summed E-state index contributed by atoms with van der Waals surface area (Å²) in [5, 5.41) is 133. The maximum Gasteiger partial charge on any atom is 0.229 e. The van der Waals surface area contributed by atoms with Crippen LogP contribution in [0.3, 0.4) is 0 Å². The molecule has 14 heteroatoms. The molecule has 318 valence electrons. The number of aliphatic hydroxyl groups is 4. The Balaban J connectivity index is 1.27. The van der Waals surface area contributed by atoms with Gasteiger partial charge in [0.05, 0.1) is 6.61 Å². The van der Waals surface area contributed by atoms with Gasteiger partial charge in [0, 0.05) is 70.4 Å². The molecule has 11 atom stereocenters. The van der Waals surface area contributed by atoms with Gasteiger partial charge in [-0.15, -0.1) is 0 Å². The lowest BCUT2D eigenvalue weighted by atomic mass is 9.66. The van der Waals surface area contributed by atoms with E-state index in [0.717, 1.165) is 0 Å². The molecule has 0 radical (unpaired) electrons. The van der Waals surface area contributed by atoms with Crippen LogP contribution < -0.4 is 4.74 Å². The van der Waals surface area contributed by atoms with Crippen molar-refractivity contribution in [2.75, 3.05) is 6.61 Å². The van der Waals surface area contributed by atoms with Gasteiger partial charge in [0.25, 0.3) is 0 Å². The largest absolute Gasteiger partial charge is 0.508 e. The summed E-state index contributed by atoms with van der Waals surface area (Å²) in [4.78, 5) is 0. The first kappa shape index (κ1) is 39.5. The normalized spacial score (nSPS) is 28.0. The molecule has 3 aliphatic carbocycles. The molecule has 1 heterocycles. The van der Waals surface area contributed by atoms with E-state index in [0.29, 0.717) is 55.6 Å². The highest BCUT2D eigenvalue weighted by atomic mass is 16.7. The average Bonchev–Trinajstić information content (AvgIpc) is 3.45. The van der Waals surface area contributed by atoms with Gasteiger partial charge in [-0.05, 0) is 93.5 Å². The molecule has 1 saturated heterocycles. The molecule has 6 aromatic rings. The Morgan fingerprint density at radius 3 is 1.69 bits per heavy atom. The Morgan fingerprint density at radius 2 is 1.02 bits per heavy atom. The summed E-state index contributed by atoms with van der Waals surface area (Å²) in [6.45, 7) is -0.698. The van der Waals surface area contributed by atoms with Gasteiger partial charge in [0.1, 0.15) is 76.2 Å². The maximum atomic E-state index is 12.3. The zero-order valence-electron chi connectivity index (χ0n) is 32.6. The van der Waals surface area contributed by atoms with Crippen molar-refractivity contribution in [2.45, 2.75) is 66.2 Å². The SMILES string of the molecule is OC[C@H]1O[C@@H](Oc2cc(O)cc([C@@H]3c4c(O)cc(O)c5c4[C@@H]([C@@H]4c6ccc(O)cc6[C@@H](c6ccc(O)cc6)[C@H]5c5cc(O)cc(O)c54)[C@H]3c3ccc(O)cc3)c2)[C@H](O)[C@@H](O)[C@@H]1O. The minimum absolute atomic E-state index is 0.00439. The molecule has 2 bridgehead atoms. The second kappa shape index (κ2) is 14.5. The van der Waals surface area contributed by atoms with E-state index >= 15 is 0 Å². The van der Waals surface area contributed by atoms with Crippen LogP contribution in [-0.4, -0.2) is 98.6 Å². The number of aromatic hydroxyl groups is 8. The van der Waals surface area contributed by atoms with Crippen LogP contribution >= 0.6 is 0 Å². The molecular weight excluding hydrogens is 801 g/mol. The van der Waals surface area contributed by atoms with Gasteiger partial charge < -0.3 is 70.8 Å². The molecule has 0 amide bonds. The fourth-order valence-electron chi connectivity index (χ4n) is 10.9. The molecule has 0 spiro atoms. The molecule has 10 rings (SSSR count). The van der Waals surface area contributed by atoms with Crippen LogP contribution in [-0.2, 0) is 4.74 Å².